The zero-order valence-electron chi connectivity index (χ0n) is 16.7. The lowest BCUT2D eigenvalue weighted by molar-refractivity contribution is 0.102. The first-order valence-electron chi connectivity index (χ1n) is 10.2. The van der Waals surface area contributed by atoms with Gasteiger partial charge in [-0.3, -0.25) is 4.79 Å². The lowest BCUT2D eigenvalue weighted by atomic mass is 9.95. The largest absolute Gasteiger partial charge is 0.346 e. The van der Waals surface area contributed by atoms with Crippen molar-refractivity contribution in [1.82, 2.24) is 19.3 Å². The highest BCUT2D eigenvalue weighted by atomic mass is 32.2. The number of nitrogens with zero attached hydrogens (tertiary/aromatic N) is 5. The number of Topliss-reactive ketones (excluding diaryl/α,β-unsaturated/α-hetero) is 1. The number of benzene rings is 1. The molecule has 0 bridgehead atoms. The van der Waals surface area contributed by atoms with Crippen LogP contribution in [0.5, 0.6) is 0 Å². The highest BCUT2D eigenvalue weighted by molar-refractivity contribution is 7.99. The highest BCUT2D eigenvalue weighted by Crippen LogP contribution is 2.33. The van der Waals surface area contributed by atoms with E-state index >= 15 is 0 Å². The molecule has 6 nitrogen and oxygen atoms in total. The summed E-state index contributed by atoms with van der Waals surface area (Å²) in [6.07, 6.45) is 8.42. The summed E-state index contributed by atoms with van der Waals surface area (Å²) in [6.45, 7) is 2.59. The maximum absolute atomic E-state index is 13.1. The summed E-state index contributed by atoms with van der Waals surface area (Å²) in [5, 5.41) is 19.3. The Kier molecular flexibility index (Phi) is 6.00. The Balaban J connectivity index is 1.53. The van der Waals surface area contributed by atoms with Gasteiger partial charge >= 0.3 is 0 Å². The van der Waals surface area contributed by atoms with E-state index in [-0.39, 0.29) is 5.78 Å². The van der Waals surface area contributed by atoms with E-state index in [2.05, 4.69) is 20.8 Å². The number of carbonyl (C=O) groups is 1. The van der Waals surface area contributed by atoms with Gasteiger partial charge in [0.05, 0.1) is 18.2 Å². The van der Waals surface area contributed by atoms with Gasteiger partial charge in [0.2, 0.25) is 0 Å². The van der Waals surface area contributed by atoms with Crippen molar-refractivity contribution in [2.75, 3.05) is 5.75 Å². The number of aromatic nitrogens is 4. The fraction of sp³-hybridized carbons (Fsp3) is 0.455. The first-order chi connectivity index (χ1) is 14.2. The van der Waals surface area contributed by atoms with Gasteiger partial charge in [0.25, 0.3) is 0 Å². The molecular weight excluding hydrogens is 382 g/mol. The normalized spacial score (nSPS) is 14.9. The number of nitriles is 1. The number of thioether (sulfide) groups is 1. The molecule has 2 heterocycles. The third-order valence-electron chi connectivity index (χ3n) is 5.66. The van der Waals surface area contributed by atoms with Gasteiger partial charge in [-0.2, -0.15) is 5.26 Å². The van der Waals surface area contributed by atoms with Gasteiger partial charge < -0.3 is 9.13 Å². The van der Waals surface area contributed by atoms with E-state index in [1.807, 2.05) is 42.0 Å². The first kappa shape index (κ1) is 19.7. The summed E-state index contributed by atoms with van der Waals surface area (Å²) in [5.41, 5.74) is 1.71. The molecule has 1 aromatic carbocycles. The number of ketones is 1. The van der Waals surface area contributed by atoms with E-state index < -0.39 is 0 Å². The zero-order chi connectivity index (χ0) is 20.2. The fourth-order valence-electron chi connectivity index (χ4n) is 4.24. The SMILES string of the molecule is Cc1nnc(SCC(=O)c2cn(CCC#N)c3ccccc23)n1C1CCCCC1. The number of carbonyl (C=O) groups excluding carboxylic acids is 1. The number of aryl methyl sites for hydroxylation is 2. The van der Waals surface area contributed by atoms with Gasteiger partial charge in [0.15, 0.2) is 10.9 Å². The van der Waals surface area contributed by atoms with Crippen LogP contribution in [0.25, 0.3) is 10.9 Å². The van der Waals surface area contributed by atoms with E-state index in [4.69, 9.17) is 5.26 Å². The number of para-hydroxylation sites is 1. The standard InChI is InChI=1S/C22H25N5OS/c1-16-24-25-22(27(16)17-8-3-2-4-9-17)29-15-21(28)19-14-26(13-7-12-23)20-11-6-5-10-18(19)20/h5-6,10-11,14,17H,2-4,7-9,13,15H2,1H3. The summed E-state index contributed by atoms with van der Waals surface area (Å²) in [6, 6.07) is 10.5. The van der Waals surface area contributed by atoms with E-state index in [0.29, 0.717) is 30.3 Å². The van der Waals surface area contributed by atoms with E-state index in [0.717, 1.165) is 34.7 Å². The average molecular weight is 408 g/mol. The second kappa shape index (κ2) is 8.83. The second-order valence-corrected chi connectivity index (χ2v) is 8.51. The van der Waals surface area contributed by atoms with Crippen LogP contribution in [0, 0.1) is 18.3 Å². The Morgan fingerprint density at radius 2 is 2.03 bits per heavy atom. The molecule has 1 aliphatic carbocycles. The van der Waals surface area contributed by atoms with Crippen molar-refractivity contribution in [3.8, 4) is 6.07 Å². The van der Waals surface area contributed by atoms with Crippen LogP contribution < -0.4 is 0 Å². The van der Waals surface area contributed by atoms with Gasteiger partial charge in [0, 0.05) is 35.2 Å². The maximum atomic E-state index is 13.1. The lowest BCUT2D eigenvalue weighted by Crippen LogP contribution is -2.15. The lowest BCUT2D eigenvalue weighted by Gasteiger charge is -2.24. The predicted molar refractivity (Wildman–Crippen MR) is 114 cm³/mol. The summed E-state index contributed by atoms with van der Waals surface area (Å²) in [7, 11) is 0. The molecule has 150 valence electrons. The monoisotopic (exact) mass is 407 g/mol. The average Bonchev–Trinajstić information content (AvgIpc) is 3.31. The third kappa shape index (κ3) is 4.08. The zero-order valence-corrected chi connectivity index (χ0v) is 17.5. The summed E-state index contributed by atoms with van der Waals surface area (Å²) in [4.78, 5) is 13.1. The topological polar surface area (TPSA) is 76.5 Å². The minimum Gasteiger partial charge on any atom is -0.346 e. The molecule has 4 rings (SSSR count). The van der Waals surface area contributed by atoms with Crippen LogP contribution in [-0.4, -0.2) is 30.9 Å². The fourth-order valence-corrected chi connectivity index (χ4v) is 5.17. The molecule has 1 fully saturated rings. The molecule has 0 aliphatic heterocycles. The van der Waals surface area contributed by atoms with Crippen molar-refractivity contribution in [3.05, 3.63) is 41.9 Å². The Morgan fingerprint density at radius 3 is 2.83 bits per heavy atom. The number of rotatable bonds is 7. The molecule has 7 heteroatoms. The molecule has 1 aliphatic rings. The van der Waals surface area contributed by atoms with Crippen LogP contribution in [0.4, 0.5) is 0 Å². The number of hydrogen-bond acceptors (Lipinski definition) is 5. The summed E-state index contributed by atoms with van der Waals surface area (Å²) < 4.78 is 4.23. The molecule has 0 N–H and O–H groups in total. The Bertz CT molecular complexity index is 1060. The van der Waals surface area contributed by atoms with Crippen LogP contribution in [0.3, 0.4) is 0 Å². The smallest absolute Gasteiger partial charge is 0.191 e. The van der Waals surface area contributed by atoms with Gasteiger partial charge in [-0.25, -0.2) is 0 Å². The van der Waals surface area contributed by atoms with Gasteiger partial charge in [0.1, 0.15) is 5.82 Å². The predicted octanol–water partition coefficient (Wildman–Crippen LogP) is 4.94. The molecule has 0 spiro atoms. The minimum atomic E-state index is 0.0813. The Labute approximate surface area is 174 Å². The van der Waals surface area contributed by atoms with Gasteiger partial charge in [-0.1, -0.05) is 49.2 Å². The van der Waals surface area contributed by atoms with Crippen LogP contribution in [-0.2, 0) is 6.54 Å². The Hall–Kier alpha value is -2.59. The van der Waals surface area contributed by atoms with Crippen molar-refractivity contribution in [2.45, 2.75) is 63.2 Å². The van der Waals surface area contributed by atoms with Crippen LogP contribution in [0.15, 0.2) is 35.6 Å². The van der Waals surface area contributed by atoms with E-state index in [1.165, 1.54) is 31.0 Å². The van der Waals surface area contributed by atoms with Gasteiger partial charge in [-0.05, 0) is 25.8 Å². The van der Waals surface area contributed by atoms with Crippen LogP contribution in [0.2, 0.25) is 0 Å². The van der Waals surface area contributed by atoms with Crippen LogP contribution >= 0.6 is 11.8 Å². The molecule has 0 saturated heterocycles. The minimum absolute atomic E-state index is 0.0813. The van der Waals surface area contributed by atoms with Crippen LogP contribution in [0.1, 0.15) is 60.7 Å². The molecule has 2 aromatic heterocycles. The van der Waals surface area contributed by atoms with Crippen molar-refractivity contribution in [2.24, 2.45) is 0 Å². The quantitative estimate of drug-likeness (QED) is 0.410. The Morgan fingerprint density at radius 1 is 1.24 bits per heavy atom. The second-order valence-electron chi connectivity index (χ2n) is 7.56. The van der Waals surface area contributed by atoms with Crippen molar-refractivity contribution in [3.63, 3.8) is 0 Å². The first-order valence-corrected chi connectivity index (χ1v) is 11.2. The molecular formula is C22H25N5OS. The molecule has 0 amide bonds. The molecule has 3 aromatic rings. The molecule has 29 heavy (non-hydrogen) atoms. The van der Waals surface area contributed by atoms with Crippen molar-refractivity contribution in [1.29, 1.82) is 5.26 Å². The molecule has 1 saturated carbocycles. The molecule has 0 unspecified atom stereocenters. The van der Waals surface area contributed by atoms with E-state index in [1.54, 1.807) is 0 Å². The number of fused-ring (bicyclic) bond motifs is 1. The molecule has 0 radical (unpaired) electrons. The van der Waals surface area contributed by atoms with Gasteiger partial charge in [-0.15, -0.1) is 10.2 Å². The van der Waals surface area contributed by atoms with Crippen molar-refractivity contribution >= 4 is 28.4 Å². The highest BCUT2D eigenvalue weighted by Gasteiger charge is 2.22. The van der Waals surface area contributed by atoms with Crippen molar-refractivity contribution < 1.29 is 4.79 Å². The summed E-state index contributed by atoms with van der Waals surface area (Å²) in [5.74, 6) is 1.34. The third-order valence-corrected chi connectivity index (χ3v) is 6.60. The number of hydrogen-bond donors (Lipinski definition) is 0. The van der Waals surface area contributed by atoms with E-state index in [9.17, 15) is 4.79 Å². The maximum Gasteiger partial charge on any atom is 0.191 e. The molecule has 0 atom stereocenters. The summed E-state index contributed by atoms with van der Waals surface area (Å²) >= 11 is 1.48.